The summed E-state index contributed by atoms with van der Waals surface area (Å²) in [5.74, 6) is 1.69. The van der Waals surface area contributed by atoms with Crippen molar-refractivity contribution in [1.29, 1.82) is 0 Å². The topological polar surface area (TPSA) is 35.5 Å². The zero-order chi connectivity index (χ0) is 11.5. The lowest BCUT2D eigenvalue weighted by atomic mass is 10.0. The summed E-state index contributed by atoms with van der Waals surface area (Å²) in [5, 5.41) is 0. The predicted molar refractivity (Wildman–Crippen MR) is 61.8 cm³/mol. The molecule has 0 bridgehead atoms. The largest absolute Gasteiger partial charge is 0.497 e. The number of ether oxygens (including phenoxy) is 2. The number of benzene rings is 1. The Morgan fingerprint density at radius 1 is 1.12 bits per heavy atom. The maximum Gasteiger partial charge on any atom is 0.156 e. The summed E-state index contributed by atoms with van der Waals surface area (Å²) in [6.07, 6.45) is 3.09. The molecular weight excluding hydrogens is 204 g/mol. The molecule has 0 aromatic heterocycles. The van der Waals surface area contributed by atoms with Crippen LogP contribution in [0.3, 0.4) is 0 Å². The number of carbonyl (C=O) groups excluding carboxylic acids is 1. The molecule has 1 aromatic carbocycles. The number of carbonyl (C=O) groups is 1. The third-order valence-corrected chi connectivity index (χ3v) is 2.73. The Bertz CT molecular complexity index is 446. The minimum Gasteiger partial charge on any atom is -0.497 e. The summed E-state index contributed by atoms with van der Waals surface area (Å²) in [6, 6.07) is 5.64. The zero-order valence-corrected chi connectivity index (χ0v) is 9.45. The van der Waals surface area contributed by atoms with Gasteiger partial charge in [-0.15, -0.1) is 0 Å². The summed E-state index contributed by atoms with van der Waals surface area (Å²) in [7, 11) is 3.24. The minimum atomic E-state index is 0.188. The van der Waals surface area contributed by atoms with Crippen molar-refractivity contribution >= 4 is 11.4 Å². The molecule has 16 heavy (non-hydrogen) atoms. The van der Waals surface area contributed by atoms with Gasteiger partial charge in [0.2, 0.25) is 0 Å². The molecule has 1 aliphatic carbocycles. The molecule has 0 aliphatic heterocycles. The highest BCUT2D eigenvalue weighted by atomic mass is 16.5. The summed E-state index contributed by atoms with van der Waals surface area (Å²) in [5.41, 5.74) is 2.03. The second-order valence-electron chi connectivity index (χ2n) is 3.70. The average molecular weight is 218 g/mol. The molecule has 0 spiro atoms. The van der Waals surface area contributed by atoms with Gasteiger partial charge in [-0.3, -0.25) is 4.79 Å². The van der Waals surface area contributed by atoms with Crippen LogP contribution >= 0.6 is 0 Å². The Morgan fingerprint density at radius 2 is 1.94 bits per heavy atom. The van der Waals surface area contributed by atoms with E-state index in [9.17, 15) is 4.79 Å². The van der Waals surface area contributed by atoms with E-state index in [4.69, 9.17) is 9.47 Å². The van der Waals surface area contributed by atoms with Crippen molar-refractivity contribution < 1.29 is 14.3 Å². The third-order valence-electron chi connectivity index (χ3n) is 2.73. The molecule has 3 nitrogen and oxygen atoms in total. The van der Waals surface area contributed by atoms with Crippen LogP contribution in [0.15, 0.2) is 24.3 Å². The summed E-state index contributed by atoms with van der Waals surface area (Å²) in [6.45, 7) is 0. The molecule has 1 aliphatic rings. The van der Waals surface area contributed by atoms with Crippen LogP contribution in [0.5, 0.6) is 11.5 Å². The van der Waals surface area contributed by atoms with Crippen molar-refractivity contribution in [3.8, 4) is 11.5 Å². The van der Waals surface area contributed by atoms with Crippen LogP contribution in [-0.2, 0) is 4.79 Å². The fourth-order valence-electron chi connectivity index (χ4n) is 1.87. The fraction of sp³-hybridized carbons (Fsp3) is 0.308. The van der Waals surface area contributed by atoms with Crippen molar-refractivity contribution in [2.45, 2.75) is 12.8 Å². The van der Waals surface area contributed by atoms with E-state index in [2.05, 4.69) is 0 Å². The molecule has 0 radical (unpaired) electrons. The second kappa shape index (κ2) is 4.39. The molecule has 0 amide bonds. The Morgan fingerprint density at radius 3 is 2.50 bits per heavy atom. The van der Waals surface area contributed by atoms with Gasteiger partial charge in [0.15, 0.2) is 5.78 Å². The molecule has 0 unspecified atom stereocenters. The van der Waals surface area contributed by atoms with Crippen LogP contribution in [-0.4, -0.2) is 20.0 Å². The molecule has 0 saturated heterocycles. The monoisotopic (exact) mass is 218 g/mol. The van der Waals surface area contributed by atoms with Crippen LogP contribution in [0.25, 0.3) is 5.57 Å². The first-order valence-electron chi connectivity index (χ1n) is 5.20. The first-order valence-corrected chi connectivity index (χ1v) is 5.20. The van der Waals surface area contributed by atoms with E-state index in [1.54, 1.807) is 20.3 Å². The van der Waals surface area contributed by atoms with Crippen molar-refractivity contribution in [2.75, 3.05) is 14.2 Å². The Kier molecular flexibility index (Phi) is 2.95. The van der Waals surface area contributed by atoms with E-state index >= 15 is 0 Å². The number of hydrogen-bond acceptors (Lipinski definition) is 3. The Labute approximate surface area is 94.7 Å². The van der Waals surface area contributed by atoms with Gasteiger partial charge in [-0.2, -0.15) is 0 Å². The maximum absolute atomic E-state index is 11.2. The highest BCUT2D eigenvalue weighted by Crippen LogP contribution is 2.34. The molecule has 3 heteroatoms. The molecule has 0 fully saturated rings. The Hall–Kier alpha value is -1.77. The zero-order valence-electron chi connectivity index (χ0n) is 9.45. The molecule has 84 valence electrons. The van der Waals surface area contributed by atoms with Crippen LogP contribution < -0.4 is 9.47 Å². The minimum absolute atomic E-state index is 0.188. The number of ketones is 1. The van der Waals surface area contributed by atoms with Crippen LogP contribution in [0.4, 0.5) is 0 Å². The van der Waals surface area contributed by atoms with Crippen molar-refractivity contribution in [2.24, 2.45) is 0 Å². The van der Waals surface area contributed by atoms with Gasteiger partial charge in [-0.1, -0.05) is 0 Å². The fourth-order valence-corrected chi connectivity index (χ4v) is 1.87. The molecule has 0 atom stereocenters. The standard InChI is InChI=1S/C13H14O3/c1-15-11-5-6-12(13(8-11)16-2)9-3-4-10(14)7-9/h5-8H,3-4H2,1-2H3. The van der Waals surface area contributed by atoms with Gasteiger partial charge in [0.25, 0.3) is 0 Å². The van der Waals surface area contributed by atoms with Gasteiger partial charge in [0.05, 0.1) is 14.2 Å². The van der Waals surface area contributed by atoms with Crippen molar-refractivity contribution in [1.82, 2.24) is 0 Å². The van der Waals surface area contributed by atoms with Crippen LogP contribution in [0, 0.1) is 0 Å². The quantitative estimate of drug-likeness (QED) is 0.781. The maximum atomic E-state index is 11.2. The molecular formula is C13H14O3. The van der Waals surface area contributed by atoms with Crippen LogP contribution in [0.2, 0.25) is 0 Å². The Balaban J connectivity index is 2.41. The predicted octanol–water partition coefficient (Wildman–Crippen LogP) is 2.45. The van der Waals surface area contributed by atoms with Gasteiger partial charge in [0.1, 0.15) is 11.5 Å². The summed E-state index contributed by atoms with van der Waals surface area (Å²) in [4.78, 5) is 11.2. The first kappa shape index (κ1) is 10.7. The van der Waals surface area contributed by atoms with Crippen LogP contribution in [0.1, 0.15) is 18.4 Å². The molecule has 2 rings (SSSR count). The highest BCUT2D eigenvalue weighted by Gasteiger charge is 2.17. The van der Waals surface area contributed by atoms with Gasteiger partial charge < -0.3 is 9.47 Å². The molecule has 1 aromatic rings. The molecule has 0 heterocycles. The SMILES string of the molecule is COc1ccc(C2=CC(=O)CC2)c(OC)c1. The lowest BCUT2D eigenvalue weighted by Gasteiger charge is -2.10. The average Bonchev–Trinajstić information content (AvgIpc) is 2.74. The smallest absolute Gasteiger partial charge is 0.156 e. The first-order chi connectivity index (χ1) is 7.74. The van der Waals surface area contributed by atoms with Gasteiger partial charge in [-0.25, -0.2) is 0 Å². The van der Waals surface area contributed by atoms with Crippen molar-refractivity contribution in [3.63, 3.8) is 0 Å². The third kappa shape index (κ3) is 1.94. The number of rotatable bonds is 3. The normalized spacial score (nSPS) is 14.9. The summed E-state index contributed by atoms with van der Waals surface area (Å²) < 4.78 is 10.4. The van der Waals surface area contributed by atoms with E-state index in [1.165, 1.54) is 0 Å². The lowest BCUT2D eigenvalue weighted by molar-refractivity contribution is -0.114. The molecule has 0 N–H and O–H groups in total. The number of methoxy groups -OCH3 is 2. The van der Waals surface area contributed by atoms with Gasteiger partial charge in [-0.05, 0) is 30.2 Å². The van der Waals surface area contributed by atoms with E-state index in [0.29, 0.717) is 6.42 Å². The van der Waals surface area contributed by atoms with E-state index in [1.807, 2.05) is 18.2 Å². The van der Waals surface area contributed by atoms with Crippen molar-refractivity contribution in [3.05, 3.63) is 29.8 Å². The number of hydrogen-bond donors (Lipinski definition) is 0. The lowest BCUT2D eigenvalue weighted by Crippen LogP contribution is -1.92. The van der Waals surface area contributed by atoms with E-state index < -0.39 is 0 Å². The highest BCUT2D eigenvalue weighted by molar-refractivity contribution is 6.02. The van der Waals surface area contributed by atoms with E-state index in [0.717, 1.165) is 29.1 Å². The second-order valence-corrected chi connectivity index (χ2v) is 3.70. The van der Waals surface area contributed by atoms with Gasteiger partial charge in [0, 0.05) is 18.1 Å². The molecule has 0 saturated carbocycles. The van der Waals surface area contributed by atoms with Gasteiger partial charge >= 0.3 is 0 Å². The summed E-state index contributed by atoms with van der Waals surface area (Å²) >= 11 is 0. The number of allylic oxidation sites excluding steroid dienone is 2. The van der Waals surface area contributed by atoms with E-state index in [-0.39, 0.29) is 5.78 Å².